The van der Waals surface area contributed by atoms with Crippen molar-refractivity contribution in [2.24, 2.45) is 0 Å². The van der Waals surface area contributed by atoms with E-state index in [-0.39, 0.29) is 0 Å². The molecule has 1 nitrogen and oxygen atoms in total. The van der Waals surface area contributed by atoms with Gasteiger partial charge in [-0.05, 0) is 18.2 Å². The van der Waals surface area contributed by atoms with E-state index in [1.54, 1.807) is 12.3 Å². The number of hydrogen-bond acceptors (Lipinski definition) is 1. The van der Waals surface area contributed by atoms with E-state index in [4.69, 9.17) is 0 Å². The maximum Gasteiger partial charge on any atom is 0.0623 e. The second kappa shape index (κ2) is 7.46. The molecule has 0 radical (unpaired) electrons. The summed E-state index contributed by atoms with van der Waals surface area (Å²) in [6.45, 7) is 3.57. The first-order valence-corrected chi connectivity index (χ1v) is 8.90. The molecule has 0 N–H and O–H groups in total. The van der Waals surface area contributed by atoms with Gasteiger partial charge in [-0.25, -0.2) is 0 Å². The summed E-state index contributed by atoms with van der Waals surface area (Å²) in [5.41, 5.74) is 0.924. The van der Waals surface area contributed by atoms with Crippen LogP contribution in [0.4, 0.5) is 0 Å². The van der Waals surface area contributed by atoms with Gasteiger partial charge in [0.25, 0.3) is 0 Å². The van der Waals surface area contributed by atoms with Crippen LogP contribution in [0.3, 0.4) is 0 Å². The monoisotopic (exact) mass is 359 g/mol. The summed E-state index contributed by atoms with van der Waals surface area (Å²) in [6, 6.07) is 5.73. The second-order valence-electron chi connectivity index (χ2n) is 1.46. The van der Waals surface area contributed by atoms with E-state index < -0.39 is 0 Å². The van der Waals surface area contributed by atoms with E-state index >= 15 is 0 Å². The van der Waals surface area contributed by atoms with E-state index in [9.17, 15) is 0 Å². The number of rotatable bonds is 1. The molecule has 54 valence electrons. The third kappa shape index (κ3) is 4.21. The van der Waals surface area contributed by atoms with Crippen molar-refractivity contribution in [1.29, 1.82) is 0 Å². The number of aromatic nitrogens is 1. The standard InChI is InChI=1S/C7H7N.I2/c1-2-7-5-3-4-6-8-7;1-2/h2-6H,1H2;. The molecule has 1 aromatic heterocycles. The van der Waals surface area contributed by atoms with Gasteiger partial charge in [0.2, 0.25) is 0 Å². The minimum atomic E-state index is 0.924. The van der Waals surface area contributed by atoms with Crippen LogP contribution >= 0.6 is 37.2 Å². The average Bonchev–Trinajstić information content (AvgIpc) is 2.10. The summed E-state index contributed by atoms with van der Waals surface area (Å²) < 4.78 is 0. The lowest BCUT2D eigenvalue weighted by molar-refractivity contribution is 1.30. The highest BCUT2D eigenvalue weighted by molar-refractivity contribution is 15.0. The van der Waals surface area contributed by atoms with Crippen LogP contribution in [0.25, 0.3) is 6.08 Å². The molecule has 0 fully saturated rings. The van der Waals surface area contributed by atoms with Crippen LogP contribution in [0, 0.1) is 0 Å². The van der Waals surface area contributed by atoms with Crippen LogP contribution in [0.5, 0.6) is 0 Å². The highest BCUT2D eigenvalue weighted by atomic mass is 128. The molecule has 0 aliphatic carbocycles. The molecule has 0 atom stereocenters. The van der Waals surface area contributed by atoms with Crippen molar-refractivity contribution in [2.45, 2.75) is 0 Å². The Kier molecular flexibility index (Phi) is 7.72. The highest BCUT2D eigenvalue weighted by Gasteiger charge is 1.77. The van der Waals surface area contributed by atoms with Gasteiger partial charge < -0.3 is 0 Å². The summed E-state index contributed by atoms with van der Waals surface area (Å²) in [5, 5.41) is 0. The Labute approximate surface area is 84.3 Å². The Hall–Kier alpha value is 0.350. The van der Waals surface area contributed by atoms with E-state index in [0.717, 1.165) is 5.69 Å². The molecule has 0 aromatic carbocycles. The number of pyridine rings is 1. The van der Waals surface area contributed by atoms with E-state index in [1.807, 2.05) is 18.2 Å². The Morgan fingerprint density at radius 3 is 2.40 bits per heavy atom. The quantitative estimate of drug-likeness (QED) is 0.700. The van der Waals surface area contributed by atoms with Crippen LogP contribution in [-0.2, 0) is 0 Å². The fourth-order valence-electron chi connectivity index (χ4n) is 0.497. The second-order valence-corrected chi connectivity index (χ2v) is 1.46. The summed E-state index contributed by atoms with van der Waals surface area (Å²) >= 11 is 4.24. The van der Waals surface area contributed by atoms with E-state index in [2.05, 4.69) is 48.8 Å². The third-order valence-electron chi connectivity index (χ3n) is 0.897. The fourth-order valence-corrected chi connectivity index (χ4v) is 0.497. The highest BCUT2D eigenvalue weighted by Crippen LogP contribution is 1.91. The zero-order valence-electron chi connectivity index (χ0n) is 5.30. The molecule has 0 aliphatic rings. The van der Waals surface area contributed by atoms with Crippen LogP contribution in [0.15, 0.2) is 31.0 Å². The molecule has 0 spiro atoms. The Bertz CT molecular complexity index is 174. The van der Waals surface area contributed by atoms with Crippen LogP contribution < -0.4 is 0 Å². The third-order valence-corrected chi connectivity index (χ3v) is 0.897. The topological polar surface area (TPSA) is 12.9 Å². The predicted molar refractivity (Wildman–Crippen MR) is 62.4 cm³/mol. The van der Waals surface area contributed by atoms with E-state index in [1.165, 1.54) is 0 Å². The van der Waals surface area contributed by atoms with Gasteiger partial charge in [0.05, 0.1) is 5.69 Å². The van der Waals surface area contributed by atoms with Crippen molar-refractivity contribution in [1.82, 2.24) is 4.98 Å². The van der Waals surface area contributed by atoms with E-state index in [0.29, 0.717) is 0 Å². The van der Waals surface area contributed by atoms with Gasteiger partial charge in [-0.2, -0.15) is 0 Å². The predicted octanol–water partition coefficient (Wildman–Crippen LogP) is 3.50. The SMILES string of the molecule is C=Cc1ccccn1.II. The van der Waals surface area contributed by atoms with Gasteiger partial charge in [0.15, 0.2) is 0 Å². The van der Waals surface area contributed by atoms with Gasteiger partial charge in [-0.15, -0.1) is 0 Å². The molecule has 1 heterocycles. The normalized spacial score (nSPS) is 7.40. The fraction of sp³-hybridized carbons (Fsp3) is 0. The van der Waals surface area contributed by atoms with Gasteiger partial charge in [0, 0.05) is 43.4 Å². The first-order valence-electron chi connectivity index (χ1n) is 2.61. The van der Waals surface area contributed by atoms with Crippen molar-refractivity contribution in [2.75, 3.05) is 0 Å². The van der Waals surface area contributed by atoms with Gasteiger partial charge in [-0.1, -0.05) is 12.6 Å². The molecule has 1 aromatic rings. The molecule has 0 unspecified atom stereocenters. The lowest BCUT2D eigenvalue weighted by Crippen LogP contribution is -1.73. The van der Waals surface area contributed by atoms with Crippen LogP contribution in [0.2, 0.25) is 0 Å². The minimum Gasteiger partial charge on any atom is -0.257 e. The molecule has 10 heavy (non-hydrogen) atoms. The van der Waals surface area contributed by atoms with Crippen molar-refractivity contribution >= 4 is 43.3 Å². The molecule has 3 heteroatoms. The zero-order chi connectivity index (χ0) is 7.82. The maximum atomic E-state index is 3.98. The molecular weight excluding hydrogens is 352 g/mol. The molecular formula is C7H7I2N. The summed E-state index contributed by atoms with van der Waals surface area (Å²) in [6.07, 6.45) is 3.47. The van der Waals surface area contributed by atoms with Gasteiger partial charge >= 0.3 is 0 Å². The van der Waals surface area contributed by atoms with Gasteiger partial charge in [0.1, 0.15) is 0 Å². The Morgan fingerprint density at radius 2 is 2.10 bits per heavy atom. The largest absolute Gasteiger partial charge is 0.257 e. The Balaban J connectivity index is 0.000000371. The number of halogens is 2. The lowest BCUT2D eigenvalue weighted by Gasteiger charge is -1.84. The number of nitrogens with zero attached hydrogens (tertiary/aromatic N) is 1. The molecule has 0 saturated heterocycles. The van der Waals surface area contributed by atoms with Crippen molar-refractivity contribution < 1.29 is 0 Å². The molecule has 0 bridgehead atoms. The van der Waals surface area contributed by atoms with Crippen LogP contribution in [-0.4, -0.2) is 4.98 Å². The average molecular weight is 359 g/mol. The summed E-state index contributed by atoms with van der Waals surface area (Å²) in [5.74, 6) is 0. The lowest BCUT2D eigenvalue weighted by atomic mass is 10.4. The van der Waals surface area contributed by atoms with Crippen molar-refractivity contribution in [3.05, 3.63) is 36.7 Å². The summed E-state index contributed by atoms with van der Waals surface area (Å²) in [7, 11) is 0. The maximum absolute atomic E-state index is 3.98. The minimum absolute atomic E-state index is 0.924. The smallest absolute Gasteiger partial charge is 0.0623 e. The first kappa shape index (κ1) is 10.3. The van der Waals surface area contributed by atoms with Gasteiger partial charge in [-0.3, -0.25) is 4.98 Å². The van der Waals surface area contributed by atoms with Crippen molar-refractivity contribution in [3.8, 4) is 0 Å². The molecule has 0 aliphatic heterocycles. The Morgan fingerprint density at radius 1 is 1.40 bits per heavy atom. The molecule has 0 amide bonds. The first-order chi connectivity index (χ1) is 4.93. The van der Waals surface area contributed by atoms with Crippen molar-refractivity contribution in [3.63, 3.8) is 0 Å². The summed E-state index contributed by atoms with van der Waals surface area (Å²) in [4.78, 5) is 3.98. The van der Waals surface area contributed by atoms with Crippen LogP contribution in [0.1, 0.15) is 5.69 Å². The molecule has 1 rings (SSSR count). The zero-order valence-corrected chi connectivity index (χ0v) is 9.61. The number of hydrogen-bond donors (Lipinski definition) is 0. The molecule has 0 saturated carbocycles.